The lowest BCUT2D eigenvalue weighted by atomic mass is 10.1. The summed E-state index contributed by atoms with van der Waals surface area (Å²) in [6.45, 7) is 0.0511. The molecule has 0 aliphatic rings. The maximum atomic E-state index is 12.7. The van der Waals surface area contributed by atoms with Gasteiger partial charge in [-0.3, -0.25) is 4.79 Å². The van der Waals surface area contributed by atoms with Crippen LogP contribution in [-0.4, -0.2) is 12.2 Å². The van der Waals surface area contributed by atoms with E-state index in [0.29, 0.717) is 11.1 Å². The van der Waals surface area contributed by atoms with Crippen molar-refractivity contribution in [2.45, 2.75) is 18.5 Å². The van der Waals surface area contributed by atoms with E-state index in [0.717, 1.165) is 23.4 Å². The lowest BCUT2D eigenvalue weighted by molar-refractivity contribution is -0.137. The number of alkyl halides is 3. The molecule has 0 unspecified atom stereocenters. The molecule has 0 saturated carbocycles. The maximum absolute atomic E-state index is 12.7. The van der Waals surface area contributed by atoms with Gasteiger partial charge in [0.1, 0.15) is 0 Å². The third-order valence-electron chi connectivity index (χ3n) is 3.21. The van der Waals surface area contributed by atoms with Crippen LogP contribution in [0.25, 0.3) is 0 Å². The van der Waals surface area contributed by atoms with Crippen molar-refractivity contribution in [1.82, 2.24) is 5.32 Å². The molecule has 2 aromatic carbocycles. The van der Waals surface area contributed by atoms with Crippen LogP contribution in [0.15, 0.2) is 48.5 Å². The van der Waals surface area contributed by atoms with Gasteiger partial charge in [0.2, 0.25) is 0 Å². The highest BCUT2D eigenvalue weighted by Gasteiger charge is 2.30. The van der Waals surface area contributed by atoms with Gasteiger partial charge in [-0.2, -0.15) is 24.9 Å². The molecule has 0 bridgehead atoms. The van der Waals surface area contributed by atoms with Gasteiger partial charge in [0.25, 0.3) is 5.91 Å². The Hall–Kier alpha value is -1.95. The van der Waals surface area contributed by atoms with E-state index in [-0.39, 0.29) is 12.5 Å². The second-order valence-corrected chi connectivity index (χ2v) is 5.88. The van der Waals surface area contributed by atoms with E-state index in [2.05, 4.69) is 5.32 Å². The number of amides is 1. The first-order valence-corrected chi connectivity index (χ1v) is 8.32. The number of carbonyl (C=O) groups excluding carboxylic acids is 1. The fourth-order valence-corrected chi connectivity index (χ4v) is 2.62. The minimum atomic E-state index is -4.38. The zero-order chi connectivity index (χ0) is 16.9. The lowest BCUT2D eigenvalue weighted by Crippen LogP contribution is -2.23. The van der Waals surface area contributed by atoms with Gasteiger partial charge < -0.3 is 5.32 Å². The van der Waals surface area contributed by atoms with Crippen LogP contribution < -0.4 is 5.32 Å². The van der Waals surface area contributed by atoms with Crippen molar-refractivity contribution < 1.29 is 18.0 Å². The van der Waals surface area contributed by atoms with E-state index in [1.165, 1.54) is 6.07 Å². The molecular formula is C17H16F3NOS. The summed E-state index contributed by atoms with van der Waals surface area (Å²) in [6, 6.07) is 12.2. The number of nitrogens with one attached hydrogen (secondary N) is 1. The average molecular weight is 339 g/mol. The minimum Gasteiger partial charge on any atom is -0.348 e. The summed E-state index contributed by atoms with van der Waals surface area (Å²) < 4.78 is 38.0. The Morgan fingerprint density at radius 3 is 2.48 bits per heavy atom. The number of benzene rings is 2. The average Bonchev–Trinajstić information content (AvgIpc) is 2.53. The molecule has 0 spiro atoms. The largest absolute Gasteiger partial charge is 0.416 e. The minimum absolute atomic E-state index is 0.0511. The molecule has 23 heavy (non-hydrogen) atoms. The molecule has 0 saturated heterocycles. The van der Waals surface area contributed by atoms with Crippen LogP contribution in [0.3, 0.4) is 0 Å². The fourth-order valence-electron chi connectivity index (χ4n) is 2.11. The molecule has 0 atom stereocenters. The molecule has 0 radical (unpaired) electrons. The van der Waals surface area contributed by atoms with Gasteiger partial charge in [-0.05, 0) is 41.6 Å². The Bertz CT molecular complexity index is 686. The molecular weight excluding hydrogens is 323 g/mol. The molecule has 122 valence electrons. The van der Waals surface area contributed by atoms with E-state index in [9.17, 15) is 18.0 Å². The van der Waals surface area contributed by atoms with Gasteiger partial charge in [-0.1, -0.05) is 24.3 Å². The number of hydrogen-bond donors (Lipinski definition) is 1. The Morgan fingerprint density at radius 2 is 1.78 bits per heavy atom. The second kappa shape index (κ2) is 7.55. The van der Waals surface area contributed by atoms with E-state index in [4.69, 9.17) is 0 Å². The Balaban J connectivity index is 2.03. The van der Waals surface area contributed by atoms with E-state index >= 15 is 0 Å². The van der Waals surface area contributed by atoms with Crippen molar-refractivity contribution in [3.8, 4) is 0 Å². The first kappa shape index (κ1) is 17.4. The van der Waals surface area contributed by atoms with E-state index in [1.807, 2.05) is 12.3 Å². The molecule has 1 N–H and O–H groups in total. The predicted molar refractivity (Wildman–Crippen MR) is 86.3 cm³/mol. The normalized spacial score (nSPS) is 11.3. The smallest absolute Gasteiger partial charge is 0.348 e. The number of rotatable bonds is 5. The highest BCUT2D eigenvalue weighted by atomic mass is 32.2. The van der Waals surface area contributed by atoms with Crippen LogP contribution in [-0.2, 0) is 18.5 Å². The zero-order valence-electron chi connectivity index (χ0n) is 12.5. The van der Waals surface area contributed by atoms with Gasteiger partial charge in [-0.25, -0.2) is 0 Å². The first-order valence-electron chi connectivity index (χ1n) is 6.92. The SMILES string of the molecule is CSCc1cccc(C(=O)NCc2cccc(C(F)(F)F)c2)c1. The van der Waals surface area contributed by atoms with Gasteiger partial charge >= 0.3 is 6.18 Å². The van der Waals surface area contributed by atoms with Crippen LogP contribution in [0.5, 0.6) is 0 Å². The van der Waals surface area contributed by atoms with Crippen LogP contribution in [0.4, 0.5) is 13.2 Å². The Labute approximate surface area is 137 Å². The monoisotopic (exact) mass is 339 g/mol. The third kappa shape index (κ3) is 5.03. The van der Waals surface area contributed by atoms with Crippen molar-refractivity contribution in [2.24, 2.45) is 0 Å². The van der Waals surface area contributed by atoms with Crippen molar-refractivity contribution in [1.29, 1.82) is 0 Å². The summed E-state index contributed by atoms with van der Waals surface area (Å²) in [4.78, 5) is 12.1. The quantitative estimate of drug-likeness (QED) is 0.869. The van der Waals surface area contributed by atoms with Gasteiger partial charge in [0.05, 0.1) is 5.56 Å². The fraction of sp³-hybridized carbons (Fsp3) is 0.235. The Morgan fingerprint density at radius 1 is 1.09 bits per heavy atom. The van der Waals surface area contributed by atoms with Crippen molar-refractivity contribution in [2.75, 3.05) is 6.26 Å². The molecule has 2 rings (SSSR count). The molecule has 0 aliphatic heterocycles. The standard InChI is InChI=1S/C17H16F3NOS/c1-23-11-13-5-2-6-14(8-13)16(22)21-10-12-4-3-7-15(9-12)17(18,19)20/h2-9H,10-11H2,1H3,(H,21,22). The first-order chi connectivity index (χ1) is 10.9. The molecule has 2 nitrogen and oxygen atoms in total. The lowest BCUT2D eigenvalue weighted by Gasteiger charge is -2.10. The van der Waals surface area contributed by atoms with Crippen molar-refractivity contribution >= 4 is 17.7 Å². The van der Waals surface area contributed by atoms with Gasteiger partial charge in [0, 0.05) is 17.9 Å². The summed E-state index contributed by atoms with van der Waals surface area (Å²) in [5.74, 6) is 0.500. The number of carbonyl (C=O) groups is 1. The van der Waals surface area contributed by atoms with Gasteiger partial charge in [-0.15, -0.1) is 0 Å². The number of thioether (sulfide) groups is 1. The Kier molecular flexibility index (Phi) is 5.71. The zero-order valence-corrected chi connectivity index (χ0v) is 13.3. The van der Waals surface area contributed by atoms with Crippen LogP contribution in [0, 0.1) is 0 Å². The number of hydrogen-bond acceptors (Lipinski definition) is 2. The van der Waals surface area contributed by atoms with Crippen LogP contribution in [0.2, 0.25) is 0 Å². The van der Waals surface area contributed by atoms with Crippen LogP contribution in [0.1, 0.15) is 27.0 Å². The topological polar surface area (TPSA) is 29.1 Å². The molecule has 0 aromatic heterocycles. The van der Waals surface area contributed by atoms with Crippen LogP contribution >= 0.6 is 11.8 Å². The maximum Gasteiger partial charge on any atom is 0.416 e. The molecule has 0 fully saturated rings. The summed E-state index contributed by atoms with van der Waals surface area (Å²) in [6.07, 6.45) is -2.41. The predicted octanol–water partition coefficient (Wildman–Crippen LogP) is 4.50. The molecule has 2 aromatic rings. The van der Waals surface area contributed by atoms with Crippen molar-refractivity contribution in [3.63, 3.8) is 0 Å². The van der Waals surface area contributed by atoms with E-state index < -0.39 is 11.7 Å². The third-order valence-corrected chi connectivity index (χ3v) is 3.83. The number of halogens is 3. The summed E-state index contributed by atoms with van der Waals surface area (Å²) in [5.41, 5.74) is 1.23. The van der Waals surface area contributed by atoms with Gasteiger partial charge in [0.15, 0.2) is 0 Å². The molecule has 0 aliphatic carbocycles. The molecule has 1 amide bonds. The highest BCUT2D eigenvalue weighted by molar-refractivity contribution is 7.97. The molecule has 6 heteroatoms. The highest BCUT2D eigenvalue weighted by Crippen LogP contribution is 2.29. The summed E-state index contributed by atoms with van der Waals surface area (Å²) in [7, 11) is 0. The van der Waals surface area contributed by atoms with E-state index in [1.54, 1.807) is 36.0 Å². The molecule has 0 heterocycles. The van der Waals surface area contributed by atoms with Crippen molar-refractivity contribution in [3.05, 3.63) is 70.8 Å². The second-order valence-electron chi connectivity index (χ2n) is 5.01. The summed E-state index contributed by atoms with van der Waals surface area (Å²) >= 11 is 1.65. The summed E-state index contributed by atoms with van der Waals surface area (Å²) in [5, 5.41) is 2.65.